The van der Waals surface area contributed by atoms with Crippen molar-refractivity contribution in [2.75, 3.05) is 0 Å². The van der Waals surface area contributed by atoms with Crippen LogP contribution in [0.4, 0.5) is 0 Å². The van der Waals surface area contributed by atoms with Crippen LogP contribution in [-0.4, -0.2) is 17.1 Å². The summed E-state index contributed by atoms with van der Waals surface area (Å²) in [5.41, 5.74) is 1.09. The van der Waals surface area contributed by atoms with Crippen molar-refractivity contribution in [3.63, 3.8) is 0 Å². The molecule has 0 fully saturated rings. The lowest BCUT2D eigenvalue weighted by atomic mass is 10.2. The van der Waals surface area contributed by atoms with Crippen LogP contribution in [0, 0.1) is 0 Å². The average Bonchev–Trinajstić information content (AvgIpc) is 2.18. The molecule has 1 aromatic carbocycles. The van der Waals surface area contributed by atoms with Gasteiger partial charge in [-0.25, -0.2) is 0 Å². The molecule has 0 aliphatic heterocycles. The standard InChI is InChI=1S/C12H15NO2/c1-10(9-12(14)15)13-8-7-11-5-3-2-4-6-11/h2-8,10,13H,9H2,1H3,(H,14,15)/t10-/m1/s1. The molecule has 80 valence electrons. The van der Waals surface area contributed by atoms with E-state index in [1.807, 2.05) is 43.3 Å². The van der Waals surface area contributed by atoms with Crippen molar-refractivity contribution < 1.29 is 9.90 Å². The van der Waals surface area contributed by atoms with Gasteiger partial charge in [-0.1, -0.05) is 30.3 Å². The van der Waals surface area contributed by atoms with Gasteiger partial charge < -0.3 is 10.4 Å². The molecule has 0 radical (unpaired) electrons. The summed E-state index contributed by atoms with van der Waals surface area (Å²) in [6.07, 6.45) is 3.82. The van der Waals surface area contributed by atoms with Crippen LogP contribution in [-0.2, 0) is 4.79 Å². The molecule has 0 aliphatic rings. The monoisotopic (exact) mass is 205 g/mol. The van der Waals surface area contributed by atoms with Gasteiger partial charge in [-0.3, -0.25) is 4.79 Å². The topological polar surface area (TPSA) is 49.3 Å². The predicted octanol–water partition coefficient (Wildman–Crippen LogP) is 2.11. The first kappa shape index (κ1) is 11.3. The first-order chi connectivity index (χ1) is 7.18. The molecule has 3 nitrogen and oxygen atoms in total. The van der Waals surface area contributed by atoms with E-state index in [9.17, 15) is 4.79 Å². The summed E-state index contributed by atoms with van der Waals surface area (Å²) in [5, 5.41) is 11.5. The summed E-state index contributed by atoms with van der Waals surface area (Å²) < 4.78 is 0. The molecule has 3 heteroatoms. The Morgan fingerprint density at radius 3 is 2.73 bits per heavy atom. The van der Waals surface area contributed by atoms with E-state index in [0.717, 1.165) is 5.56 Å². The molecule has 0 aliphatic carbocycles. The van der Waals surface area contributed by atoms with Crippen molar-refractivity contribution in [3.05, 3.63) is 42.1 Å². The predicted molar refractivity (Wildman–Crippen MR) is 60.3 cm³/mol. The lowest BCUT2D eigenvalue weighted by Crippen LogP contribution is -2.23. The van der Waals surface area contributed by atoms with Gasteiger partial charge in [-0.05, 0) is 24.8 Å². The van der Waals surface area contributed by atoms with Crippen molar-refractivity contribution in [2.45, 2.75) is 19.4 Å². The molecule has 0 amide bonds. The molecule has 0 heterocycles. The Hall–Kier alpha value is -1.77. The third-order valence-electron chi connectivity index (χ3n) is 1.94. The molecule has 15 heavy (non-hydrogen) atoms. The van der Waals surface area contributed by atoms with Crippen molar-refractivity contribution in [2.24, 2.45) is 0 Å². The van der Waals surface area contributed by atoms with Crippen molar-refractivity contribution in [1.82, 2.24) is 5.32 Å². The minimum absolute atomic E-state index is 0.0533. The number of carbonyl (C=O) groups is 1. The fraction of sp³-hybridized carbons (Fsp3) is 0.250. The van der Waals surface area contributed by atoms with Gasteiger partial charge in [0.25, 0.3) is 0 Å². The fourth-order valence-corrected chi connectivity index (χ4v) is 1.19. The largest absolute Gasteiger partial charge is 0.481 e. The van der Waals surface area contributed by atoms with E-state index >= 15 is 0 Å². The molecule has 0 aromatic heterocycles. The van der Waals surface area contributed by atoms with Gasteiger partial charge in [0.2, 0.25) is 0 Å². The van der Waals surface area contributed by atoms with E-state index in [0.29, 0.717) is 0 Å². The Bertz CT molecular complexity index is 333. The van der Waals surface area contributed by atoms with Gasteiger partial charge in [-0.2, -0.15) is 0 Å². The Morgan fingerprint density at radius 2 is 2.13 bits per heavy atom. The maximum absolute atomic E-state index is 10.4. The van der Waals surface area contributed by atoms with Crippen LogP contribution in [0.3, 0.4) is 0 Å². The number of carboxylic acids is 1. The molecule has 1 rings (SSSR count). The lowest BCUT2D eigenvalue weighted by Gasteiger charge is -2.07. The molecule has 0 bridgehead atoms. The summed E-state index contributed by atoms with van der Waals surface area (Å²) >= 11 is 0. The Labute approximate surface area is 89.4 Å². The third kappa shape index (κ3) is 4.86. The lowest BCUT2D eigenvalue weighted by molar-refractivity contribution is -0.137. The summed E-state index contributed by atoms with van der Waals surface area (Å²) in [5.74, 6) is -0.789. The van der Waals surface area contributed by atoms with Gasteiger partial charge in [0.1, 0.15) is 0 Å². The van der Waals surface area contributed by atoms with Gasteiger partial charge in [-0.15, -0.1) is 0 Å². The molecular formula is C12H15NO2. The van der Waals surface area contributed by atoms with E-state index in [1.165, 1.54) is 0 Å². The highest BCUT2D eigenvalue weighted by Gasteiger charge is 2.03. The molecule has 0 saturated heterocycles. The first-order valence-electron chi connectivity index (χ1n) is 4.88. The van der Waals surface area contributed by atoms with E-state index in [1.54, 1.807) is 6.20 Å². The molecule has 1 aromatic rings. The zero-order valence-electron chi connectivity index (χ0n) is 8.68. The van der Waals surface area contributed by atoms with Crippen LogP contribution in [0.15, 0.2) is 36.5 Å². The maximum Gasteiger partial charge on any atom is 0.305 e. The number of aliphatic carboxylic acids is 1. The molecule has 0 saturated carbocycles. The molecule has 1 atom stereocenters. The Kier molecular flexibility index (Phi) is 4.41. The van der Waals surface area contributed by atoms with E-state index in [-0.39, 0.29) is 12.5 Å². The van der Waals surface area contributed by atoms with Crippen molar-refractivity contribution in [1.29, 1.82) is 0 Å². The SMILES string of the molecule is C[C@H](CC(=O)O)NC=Cc1ccccc1. The van der Waals surface area contributed by atoms with Crippen LogP contribution in [0.1, 0.15) is 18.9 Å². The summed E-state index contributed by atoms with van der Waals surface area (Å²) in [4.78, 5) is 10.4. The summed E-state index contributed by atoms with van der Waals surface area (Å²) in [6, 6.07) is 9.79. The summed E-state index contributed by atoms with van der Waals surface area (Å²) in [6.45, 7) is 1.84. The molecule has 2 N–H and O–H groups in total. The van der Waals surface area contributed by atoms with E-state index in [2.05, 4.69) is 5.32 Å². The fourth-order valence-electron chi connectivity index (χ4n) is 1.19. The van der Waals surface area contributed by atoms with Gasteiger partial charge >= 0.3 is 5.97 Å². The second-order valence-electron chi connectivity index (χ2n) is 3.41. The molecular weight excluding hydrogens is 190 g/mol. The quantitative estimate of drug-likeness (QED) is 0.774. The summed E-state index contributed by atoms with van der Waals surface area (Å²) in [7, 11) is 0. The number of hydrogen-bond acceptors (Lipinski definition) is 2. The maximum atomic E-state index is 10.4. The average molecular weight is 205 g/mol. The molecule has 0 spiro atoms. The van der Waals surface area contributed by atoms with Crippen molar-refractivity contribution >= 4 is 12.0 Å². The molecule has 0 unspecified atom stereocenters. The highest BCUT2D eigenvalue weighted by Crippen LogP contribution is 2.00. The zero-order valence-corrected chi connectivity index (χ0v) is 8.68. The minimum Gasteiger partial charge on any atom is -0.481 e. The second-order valence-corrected chi connectivity index (χ2v) is 3.41. The van der Waals surface area contributed by atoms with Crippen molar-refractivity contribution in [3.8, 4) is 0 Å². The third-order valence-corrected chi connectivity index (χ3v) is 1.94. The van der Waals surface area contributed by atoms with Crippen LogP contribution in [0.5, 0.6) is 0 Å². The number of benzene rings is 1. The Morgan fingerprint density at radius 1 is 1.47 bits per heavy atom. The number of hydrogen-bond donors (Lipinski definition) is 2. The van der Waals surface area contributed by atoms with Crippen LogP contribution >= 0.6 is 0 Å². The first-order valence-corrected chi connectivity index (χ1v) is 4.88. The van der Waals surface area contributed by atoms with Gasteiger partial charge in [0, 0.05) is 6.04 Å². The minimum atomic E-state index is -0.789. The number of nitrogens with one attached hydrogen (secondary N) is 1. The smallest absolute Gasteiger partial charge is 0.305 e. The van der Waals surface area contributed by atoms with Gasteiger partial charge in [0.05, 0.1) is 6.42 Å². The number of carboxylic acid groups (broad SMARTS) is 1. The number of rotatable bonds is 5. The van der Waals surface area contributed by atoms with Crippen LogP contribution < -0.4 is 5.32 Å². The normalized spacial score (nSPS) is 12.6. The highest BCUT2D eigenvalue weighted by molar-refractivity contribution is 5.67. The highest BCUT2D eigenvalue weighted by atomic mass is 16.4. The Balaban J connectivity index is 2.37. The second kappa shape index (κ2) is 5.86. The zero-order chi connectivity index (χ0) is 11.1. The van der Waals surface area contributed by atoms with Gasteiger partial charge in [0.15, 0.2) is 0 Å². The van der Waals surface area contributed by atoms with Crippen LogP contribution in [0.2, 0.25) is 0 Å². The van der Waals surface area contributed by atoms with Crippen LogP contribution in [0.25, 0.3) is 6.08 Å². The van der Waals surface area contributed by atoms with E-state index < -0.39 is 5.97 Å². The van der Waals surface area contributed by atoms with E-state index in [4.69, 9.17) is 5.11 Å².